The van der Waals surface area contributed by atoms with Gasteiger partial charge in [-0.25, -0.2) is 8.42 Å². The van der Waals surface area contributed by atoms with E-state index in [9.17, 15) is 30.0 Å². The van der Waals surface area contributed by atoms with Gasteiger partial charge in [-0.2, -0.15) is 21.6 Å². The van der Waals surface area contributed by atoms with Crippen LogP contribution in [0, 0.1) is 0 Å². The third kappa shape index (κ3) is 3.10. The largest absolute Gasteiger partial charge is 0.512 e. The second-order valence-electron chi connectivity index (χ2n) is 3.06. The quantitative estimate of drug-likeness (QED) is 0.709. The summed E-state index contributed by atoms with van der Waals surface area (Å²) in [6, 6.07) is 0. The molecule has 0 spiro atoms. The molecule has 1 rings (SSSR count). The summed E-state index contributed by atoms with van der Waals surface area (Å²) >= 11 is 0. The van der Waals surface area contributed by atoms with Crippen molar-refractivity contribution >= 4 is 20.2 Å². The molecule has 1 saturated heterocycles. The minimum absolute atomic E-state index is 0.133. The number of rotatable bonds is 4. The van der Waals surface area contributed by atoms with Gasteiger partial charge in [0, 0.05) is 13.7 Å². The molecule has 0 bridgehead atoms. The summed E-state index contributed by atoms with van der Waals surface area (Å²) in [5.74, 6) is 0. The molecular weight excluding hydrogens is 305 g/mol. The van der Waals surface area contributed by atoms with E-state index in [0.717, 1.165) is 7.11 Å². The van der Waals surface area contributed by atoms with Crippen molar-refractivity contribution in [1.82, 2.24) is 8.43 Å². The van der Waals surface area contributed by atoms with Crippen molar-refractivity contribution in [1.29, 1.82) is 0 Å². The zero-order valence-corrected chi connectivity index (χ0v) is 10.5. The van der Waals surface area contributed by atoms with Crippen LogP contribution < -0.4 is 4.13 Å². The number of methoxy groups -OCH3 is 1. The van der Waals surface area contributed by atoms with Crippen LogP contribution in [0.4, 0.5) is 13.2 Å². The van der Waals surface area contributed by atoms with E-state index in [-0.39, 0.29) is 13.2 Å². The fourth-order valence-electron chi connectivity index (χ4n) is 1.08. The predicted molar refractivity (Wildman–Crippen MR) is 50.5 cm³/mol. The molecule has 13 heteroatoms. The molecule has 0 aromatic heterocycles. The van der Waals surface area contributed by atoms with Crippen molar-refractivity contribution in [3.63, 3.8) is 0 Å². The van der Waals surface area contributed by atoms with E-state index in [4.69, 9.17) is 4.74 Å². The molecule has 1 fully saturated rings. The Kier molecular flexibility index (Phi) is 4.24. The molecule has 0 aromatic carbocycles. The maximum Gasteiger partial charge on any atom is 0.512 e. The SMILES string of the molecule is COC1OCCN1S(=O)(=O)NS(=O)(=O)C(F)(F)F. The molecule has 1 aliphatic rings. The van der Waals surface area contributed by atoms with Gasteiger partial charge < -0.3 is 9.47 Å². The maximum absolute atomic E-state index is 12.0. The van der Waals surface area contributed by atoms with E-state index >= 15 is 0 Å². The van der Waals surface area contributed by atoms with Gasteiger partial charge in [-0.15, -0.1) is 4.31 Å². The van der Waals surface area contributed by atoms with E-state index in [2.05, 4.69) is 4.74 Å². The molecule has 1 aliphatic heterocycles. The number of nitrogens with zero attached hydrogens (tertiary/aromatic N) is 1. The highest BCUT2D eigenvalue weighted by atomic mass is 32.3. The van der Waals surface area contributed by atoms with Crippen LogP contribution in [0.15, 0.2) is 0 Å². The summed E-state index contributed by atoms with van der Waals surface area (Å²) in [5.41, 5.74) is -5.73. The van der Waals surface area contributed by atoms with Crippen LogP contribution in [0.25, 0.3) is 0 Å². The topological polar surface area (TPSA) is 102 Å². The molecule has 1 heterocycles. The van der Waals surface area contributed by atoms with Gasteiger partial charge in [0.15, 0.2) is 0 Å². The van der Waals surface area contributed by atoms with E-state index in [1.165, 1.54) is 0 Å². The number of ether oxygens (including phenoxy) is 2. The van der Waals surface area contributed by atoms with Crippen molar-refractivity contribution in [3.05, 3.63) is 0 Å². The van der Waals surface area contributed by atoms with Crippen LogP contribution in [0.5, 0.6) is 0 Å². The Morgan fingerprint density at radius 3 is 2.33 bits per heavy atom. The molecule has 108 valence electrons. The fourth-order valence-corrected chi connectivity index (χ4v) is 3.64. The number of alkyl halides is 3. The molecule has 0 amide bonds. The van der Waals surface area contributed by atoms with E-state index in [0.29, 0.717) is 8.43 Å². The summed E-state index contributed by atoms with van der Waals surface area (Å²) in [4.78, 5) is 0. The standard InChI is InChI=1S/C5H9F3N2O6S2/c1-15-4-10(2-3-16-4)18(13,14)9-17(11,12)5(6,7)8/h4,9H,2-3H2,1H3. The van der Waals surface area contributed by atoms with Gasteiger partial charge >= 0.3 is 15.5 Å². The van der Waals surface area contributed by atoms with Crippen LogP contribution in [-0.4, -0.2) is 53.3 Å². The Morgan fingerprint density at radius 1 is 1.33 bits per heavy atom. The van der Waals surface area contributed by atoms with Gasteiger partial charge in [-0.1, -0.05) is 4.13 Å². The summed E-state index contributed by atoms with van der Waals surface area (Å²) in [5, 5.41) is 0. The molecule has 1 atom stereocenters. The molecule has 1 N–H and O–H groups in total. The van der Waals surface area contributed by atoms with Crippen LogP contribution in [-0.2, 0) is 29.7 Å². The molecular formula is C5H9F3N2O6S2. The average molecular weight is 314 g/mol. The summed E-state index contributed by atoms with van der Waals surface area (Å²) in [6.07, 6.45) is -1.47. The molecule has 8 nitrogen and oxygen atoms in total. The zero-order valence-electron chi connectivity index (χ0n) is 8.84. The monoisotopic (exact) mass is 314 g/mol. The minimum atomic E-state index is -6.02. The van der Waals surface area contributed by atoms with Crippen molar-refractivity contribution in [2.45, 2.75) is 11.9 Å². The Labute approximate surface area is 101 Å². The van der Waals surface area contributed by atoms with Gasteiger partial charge in [-0.3, -0.25) is 0 Å². The Hall–Kier alpha value is -0.470. The third-order valence-corrected chi connectivity index (χ3v) is 5.14. The van der Waals surface area contributed by atoms with Crippen LogP contribution in [0.2, 0.25) is 0 Å². The van der Waals surface area contributed by atoms with E-state index < -0.39 is 32.2 Å². The Bertz CT molecular complexity index is 500. The second kappa shape index (κ2) is 4.90. The number of sulfonamides is 1. The zero-order chi connectivity index (χ0) is 14.2. The number of hydrogen-bond donors (Lipinski definition) is 1. The smallest absolute Gasteiger partial charge is 0.342 e. The number of nitrogens with one attached hydrogen (secondary N) is 1. The highest BCUT2D eigenvalue weighted by Crippen LogP contribution is 2.24. The fraction of sp³-hybridized carbons (Fsp3) is 1.00. The average Bonchev–Trinajstić information content (AvgIpc) is 2.62. The van der Waals surface area contributed by atoms with Gasteiger partial charge in [0.2, 0.25) is 6.41 Å². The third-order valence-electron chi connectivity index (χ3n) is 1.84. The number of halogens is 3. The lowest BCUT2D eigenvalue weighted by atomic mass is 10.7. The maximum atomic E-state index is 12.0. The van der Waals surface area contributed by atoms with Crippen molar-refractivity contribution < 1.29 is 39.5 Å². The first kappa shape index (κ1) is 15.6. The van der Waals surface area contributed by atoms with E-state index in [1.54, 1.807) is 0 Å². The highest BCUT2D eigenvalue weighted by Gasteiger charge is 2.50. The molecule has 1 unspecified atom stereocenters. The first-order valence-electron chi connectivity index (χ1n) is 4.27. The lowest BCUT2D eigenvalue weighted by Crippen LogP contribution is -2.49. The number of hydrogen-bond acceptors (Lipinski definition) is 6. The van der Waals surface area contributed by atoms with Crippen molar-refractivity contribution in [2.75, 3.05) is 20.3 Å². The lowest BCUT2D eigenvalue weighted by molar-refractivity contribution is -0.132. The molecule has 0 saturated carbocycles. The molecule has 18 heavy (non-hydrogen) atoms. The summed E-state index contributed by atoms with van der Waals surface area (Å²) in [6.45, 7) is -0.466. The Morgan fingerprint density at radius 2 is 1.89 bits per heavy atom. The first-order chi connectivity index (χ1) is 8.01. The molecule has 0 radical (unpaired) electrons. The lowest BCUT2D eigenvalue weighted by Gasteiger charge is -2.21. The minimum Gasteiger partial charge on any atom is -0.342 e. The van der Waals surface area contributed by atoms with Gasteiger partial charge in [0.05, 0.1) is 6.61 Å². The van der Waals surface area contributed by atoms with Gasteiger partial charge in [0.25, 0.3) is 10.2 Å². The van der Waals surface area contributed by atoms with Crippen molar-refractivity contribution in [3.8, 4) is 0 Å². The second-order valence-corrected chi connectivity index (χ2v) is 6.62. The first-order valence-corrected chi connectivity index (χ1v) is 7.19. The van der Waals surface area contributed by atoms with Crippen LogP contribution in [0.1, 0.15) is 0 Å². The van der Waals surface area contributed by atoms with E-state index in [1.807, 2.05) is 0 Å². The molecule has 0 aliphatic carbocycles. The van der Waals surface area contributed by atoms with Gasteiger partial charge in [0.1, 0.15) is 0 Å². The Balaban J connectivity index is 2.97. The summed E-state index contributed by atoms with van der Waals surface area (Å²) < 4.78 is 90.5. The molecule has 0 aromatic rings. The van der Waals surface area contributed by atoms with Crippen LogP contribution >= 0.6 is 0 Å². The highest BCUT2D eigenvalue weighted by molar-refractivity contribution is 8.04. The summed E-state index contributed by atoms with van der Waals surface area (Å²) in [7, 11) is -9.90. The predicted octanol–water partition coefficient (Wildman–Crippen LogP) is -1.07. The van der Waals surface area contributed by atoms with Gasteiger partial charge in [-0.05, 0) is 0 Å². The normalized spacial score (nSPS) is 23.4. The van der Waals surface area contributed by atoms with Crippen LogP contribution in [0.3, 0.4) is 0 Å². The van der Waals surface area contributed by atoms with Crippen molar-refractivity contribution in [2.24, 2.45) is 0 Å².